The normalized spacial score (nSPS) is 10.9. The number of amides is 1. The van der Waals surface area contributed by atoms with Crippen LogP contribution in [0.1, 0.15) is 19.4 Å². The number of ether oxygens (including phenoxy) is 1. The molecule has 0 aliphatic carbocycles. The summed E-state index contributed by atoms with van der Waals surface area (Å²) >= 11 is 0. The number of hydrogen-bond acceptors (Lipinski definition) is 3. The van der Waals surface area contributed by atoms with Crippen LogP contribution < -0.4 is 10.1 Å². The highest BCUT2D eigenvalue weighted by Gasteiger charge is 2.29. The lowest BCUT2D eigenvalue weighted by Gasteiger charge is -2.24. The van der Waals surface area contributed by atoms with Gasteiger partial charge < -0.3 is 10.1 Å². The molecule has 0 radical (unpaired) electrons. The van der Waals surface area contributed by atoms with E-state index in [2.05, 4.69) is 10.3 Å². The van der Waals surface area contributed by atoms with Crippen molar-refractivity contribution < 1.29 is 9.53 Å². The van der Waals surface area contributed by atoms with E-state index in [-0.39, 0.29) is 5.91 Å². The molecule has 1 aromatic heterocycles. The molecule has 104 valence electrons. The Balaban J connectivity index is 2.14. The Morgan fingerprint density at radius 1 is 1.15 bits per heavy atom. The Hall–Kier alpha value is -2.36. The maximum atomic E-state index is 12.4. The molecule has 0 aliphatic rings. The van der Waals surface area contributed by atoms with Gasteiger partial charge in [-0.05, 0) is 25.5 Å². The van der Waals surface area contributed by atoms with Gasteiger partial charge in [-0.1, -0.05) is 30.3 Å². The zero-order valence-electron chi connectivity index (χ0n) is 11.9. The monoisotopic (exact) mass is 270 g/mol. The summed E-state index contributed by atoms with van der Waals surface area (Å²) in [7, 11) is 1.55. The Labute approximate surface area is 118 Å². The molecule has 1 N–H and O–H groups in total. The third-order valence-electron chi connectivity index (χ3n) is 3.27. The van der Waals surface area contributed by atoms with Crippen molar-refractivity contribution in [3.63, 3.8) is 0 Å². The molecule has 2 rings (SSSR count). The highest BCUT2D eigenvalue weighted by atomic mass is 16.5. The second kappa shape index (κ2) is 5.74. The summed E-state index contributed by atoms with van der Waals surface area (Å²) in [5.74, 6) is 0.445. The molecule has 2 aromatic rings. The quantitative estimate of drug-likeness (QED) is 0.929. The number of nitrogens with zero attached hydrogens (tertiary/aromatic N) is 1. The second-order valence-electron chi connectivity index (χ2n) is 5.03. The summed E-state index contributed by atoms with van der Waals surface area (Å²) in [6, 6.07) is 13.2. The minimum atomic E-state index is -0.610. The van der Waals surface area contributed by atoms with Crippen LogP contribution in [0.15, 0.2) is 48.7 Å². The summed E-state index contributed by atoms with van der Waals surface area (Å²) < 4.78 is 4.99. The lowest BCUT2D eigenvalue weighted by molar-refractivity contribution is -0.120. The molecule has 0 saturated heterocycles. The van der Waals surface area contributed by atoms with E-state index in [0.29, 0.717) is 11.6 Å². The smallest absolute Gasteiger partial charge is 0.234 e. The molecule has 4 nitrogen and oxygen atoms in total. The number of nitrogens with one attached hydrogen (secondary N) is 1. The topological polar surface area (TPSA) is 51.2 Å². The summed E-state index contributed by atoms with van der Waals surface area (Å²) in [6.45, 7) is 3.79. The van der Waals surface area contributed by atoms with Crippen molar-refractivity contribution in [1.82, 2.24) is 4.98 Å². The molecule has 4 heteroatoms. The van der Waals surface area contributed by atoms with Crippen LogP contribution in [0.3, 0.4) is 0 Å². The Bertz CT molecular complexity index is 577. The number of carbonyl (C=O) groups is 1. The van der Waals surface area contributed by atoms with Crippen LogP contribution in [0.2, 0.25) is 0 Å². The molecule has 20 heavy (non-hydrogen) atoms. The van der Waals surface area contributed by atoms with Crippen LogP contribution >= 0.6 is 0 Å². The molecule has 0 fully saturated rings. The molecular formula is C16H18N2O2. The van der Waals surface area contributed by atoms with E-state index in [0.717, 1.165) is 5.56 Å². The lowest BCUT2D eigenvalue weighted by atomic mass is 9.84. The molecule has 1 amide bonds. The average molecular weight is 270 g/mol. The first kappa shape index (κ1) is 14.1. The molecule has 0 unspecified atom stereocenters. The first-order valence-corrected chi connectivity index (χ1v) is 6.41. The Kier molecular flexibility index (Phi) is 4.03. The number of pyridine rings is 1. The SMILES string of the molecule is COc1ccc(NC(=O)C(C)(C)c2ccccc2)cn1. The number of anilines is 1. The number of hydrogen-bond donors (Lipinski definition) is 1. The van der Waals surface area contributed by atoms with Crippen molar-refractivity contribution in [1.29, 1.82) is 0 Å². The van der Waals surface area contributed by atoms with Crippen molar-refractivity contribution in [3.05, 3.63) is 54.2 Å². The number of carbonyl (C=O) groups excluding carboxylic acids is 1. The van der Waals surface area contributed by atoms with Gasteiger partial charge in [0.15, 0.2) is 0 Å². The number of rotatable bonds is 4. The van der Waals surface area contributed by atoms with E-state index in [1.165, 1.54) is 0 Å². The van der Waals surface area contributed by atoms with Crippen LogP contribution in [0.25, 0.3) is 0 Å². The molecule has 0 saturated carbocycles. The Morgan fingerprint density at radius 2 is 1.85 bits per heavy atom. The maximum absolute atomic E-state index is 12.4. The van der Waals surface area contributed by atoms with Gasteiger partial charge in [0.05, 0.1) is 24.4 Å². The fourth-order valence-electron chi connectivity index (χ4n) is 1.85. The highest BCUT2D eigenvalue weighted by Crippen LogP contribution is 2.25. The van der Waals surface area contributed by atoms with Crippen molar-refractivity contribution in [3.8, 4) is 5.88 Å². The second-order valence-corrected chi connectivity index (χ2v) is 5.03. The van der Waals surface area contributed by atoms with Gasteiger partial charge in [-0.25, -0.2) is 4.98 Å². The van der Waals surface area contributed by atoms with Crippen molar-refractivity contribution in [2.24, 2.45) is 0 Å². The van der Waals surface area contributed by atoms with E-state index < -0.39 is 5.41 Å². The number of benzene rings is 1. The summed E-state index contributed by atoms with van der Waals surface area (Å²) in [5.41, 5.74) is 1.01. The van der Waals surface area contributed by atoms with E-state index in [1.807, 2.05) is 44.2 Å². The standard InChI is InChI=1S/C16H18N2O2/c1-16(2,12-7-5-4-6-8-12)15(19)18-13-9-10-14(20-3)17-11-13/h4-11H,1-3H3,(H,18,19). The third-order valence-corrected chi connectivity index (χ3v) is 3.27. The molecule has 0 atom stereocenters. The van der Waals surface area contributed by atoms with Gasteiger partial charge in [0, 0.05) is 6.07 Å². The first-order valence-electron chi connectivity index (χ1n) is 6.41. The van der Waals surface area contributed by atoms with Crippen molar-refractivity contribution in [2.45, 2.75) is 19.3 Å². The minimum Gasteiger partial charge on any atom is -0.481 e. The number of methoxy groups -OCH3 is 1. The summed E-state index contributed by atoms with van der Waals surface area (Å²) in [6.07, 6.45) is 1.58. The van der Waals surface area contributed by atoms with Crippen LogP contribution in [0.5, 0.6) is 5.88 Å². The lowest BCUT2D eigenvalue weighted by Crippen LogP contribution is -2.34. The summed E-state index contributed by atoms with van der Waals surface area (Å²) in [4.78, 5) is 16.5. The van der Waals surface area contributed by atoms with Crippen LogP contribution in [-0.4, -0.2) is 18.0 Å². The van der Waals surface area contributed by atoms with Gasteiger partial charge in [0.2, 0.25) is 11.8 Å². The molecule has 0 aliphatic heterocycles. The zero-order valence-corrected chi connectivity index (χ0v) is 11.9. The first-order chi connectivity index (χ1) is 9.54. The van der Waals surface area contributed by atoms with E-state index >= 15 is 0 Å². The molecular weight excluding hydrogens is 252 g/mol. The predicted octanol–water partition coefficient (Wildman–Crippen LogP) is 3.01. The number of aromatic nitrogens is 1. The maximum Gasteiger partial charge on any atom is 0.234 e. The van der Waals surface area contributed by atoms with Crippen LogP contribution in [0.4, 0.5) is 5.69 Å². The molecule has 1 heterocycles. The predicted molar refractivity (Wildman–Crippen MR) is 78.9 cm³/mol. The van der Waals surface area contributed by atoms with Gasteiger partial charge in [0.1, 0.15) is 0 Å². The van der Waals surface area contributed by atoms with E-state index in [1.54, 1.807) is 25.4 Å². The molecule has 0 bridgehead atoms. The average Bonchev–Trinajstić information content (AvgIpc) is 2.49. The van der Waals surface area contributed by atoms with Crippen molar-refractivity contribution in [2.75, 3.05) is 12.4 Å². The van der Waals surface area contributed by atoms with Gasteiger partial charge in [0.25, 0.3) is 0 Å². The van der Waals surface area contributed by atoms with Crippen molar-refractivity contribution >= 4 is 11.6 Å². The third kappa shape index (κ3) is 2.96. The minimum absolute atomic E-state index is 0.0735. The highest BCUT2D eigenvalue weighted by molar-refractivity contribution is 5.98. The summed E-state index contributed by atoms with van der Waals surface area (Å²) in [5, 5.41) is 2.87. The fraction of sp³-hybridized carbons (Fsp3) is 0.250. The van der Waals surface area contributed by atoms with Gasteiger partial charge in [-0.15, -0.1) is 0 Å². The molecule has 0 spiro atoms. The van der Waals surface area contributed by atoms with Crippen LogP contribution in [-0.2, 0) is 10.2 Å². The van der Waals surface area contributed by atoms with Crippen LogP contribution in [0, 0.1) is 0 Å². The van der Waals surface area contributed by atoms with E-state index in [9.17, 15) is 4.79 Å². The molecule has 1 aromatic carbocycles. The van der Waals surface area contributed by atoms with E-state index in [4.69, 9.17) is 4.74 Å². The van der Waals surface area contributed by atoms with Gasteiger partial charge in [-0.3, -0.25) is 4.79 Å². The van der Waals surface area contributed by atoms with Gasteiger partial charge in [-0.2, -0.15) is 0 Å². The Morgan fingerprint density at radius 3 is 2.40 bits per heavy atom. The zero-order chi connectivity index (χ0) is 14.6. The fourth-order valence-corrected chi connectivity index (χ4v) is 1.85. The largest absolute Gasteiger partial charge is 0.481 e. The van der Waals surface area contributed by atoms with Gasteiger partial charge >= 0.3 is 0 Å².